The number of hydrogen-bond acceptors (Lipinski definition) is 12. The topological polar surface area (TPSA) is 104 Å². The highest BCUT2D eigenvalue weighted by Crippen LogP contribution is 2.52. The standard InChI is InChI=1S/C104H136N4O4S8/c1-6-10-14-18-22-26-28-33-39-45-52-77(51-43-37-31-24-20-16-12-8-3)73-107-85-71-79(83(105-75-109)69-81(85)100(103(107)111)97-65-63-95(119-97)93-61-59-91(117-93)89-57-49-67-115-89)76(5)87(113)55-47-41-35-30-36-42-48-56-88(114)99-80-72-86-82(70-84(80)106-102(99)110)101(98-66-64-96(120-98)94-62-60-92(118-94)90-58-50-68-116-90)104(112)108(86)74-78(53-44-38-32-25-21-17-13-9-4)54-46-40-34-29-27-23-19-15-11-7-2/h30,35-36,41-42,47,49-50,55-58,60-72,75,77-78,91,112-114H,6-29,31-34,37-40,43-46,48,51-54,59,73-74H2,1-5H3,(H,105,109)/b35-30+,42-36+,47-41+,79-76+,87-55-,88-56-. The Morgan fingerprint density at radius 3 is 1.61 bits per heavy atom. The van der Waals surface area contributed by atoms with Gasteiger partial charge < -0.3 is 19.9 Å². The van der Waals surface area contributed by atoms with Gasteiger partial charge in [-0.15, -0.1) is 93.7 Å². The van der Waals surface area contributed by atoms with Crippen molar-refractivity contribution >= 4 is 156 Å². The second-order valence-electron chi connectivity index (χ2n) is 33.8. The number of allylic oxidation sites excluding steroid dienone is 10. The first-order chi connectivity index (χ1) is 58.9. The molecule has 8 aromatic rings. The molecule has 3 unspecified atom stereocenters. The minimum absolute atomic E-state index is 0.0410. The van der Waals surface area contributed by atoms with E-state index in [1.807, 2.05) is 84.7 Å². The van der Waals surface area contributed by atoms with Crippen LogP contribution in [-0.4, -0.2) is 34.4 Å². The summed E-state index contributed by atoms with van der Waals surface area (Å²) >= 11 is 20.9. The molecule has 3 aliphatic rings. The van der Waals surface area contributed by atoms with Gasteiger partial charge in [0.15, 0.2) is 0 Å². The van der Waals surface area contributed by atoms with Crippen LogP contribution in [0.4, 0.5) is 11.4 Å². The average Bonchev–Trinajstić information content (AvgIpc) is 1.59. The predicted molar refractivity (Wildman–Crippen MR) is 534 cm³/mol. The van der Waals surface area contributed by atoms with E-state index in [0.29, 0.717) is 63.7 Å². The Labute approximate surface area is 754 Å². The SMILES string of the molecule is CCCCCCCCCCCCC(CCCCCCCCCC)CN1C(=O)C(c2ccc(C3=CCC(c4cccs4)S3)s2)=c2cc(NC=O)/c(=C(C)/C(S)=C/C=C/C=C/C=C/C/C=C(\S)C3=c4cc5c(cc4=NC3=O)c(-c3ccc(-c4ccc(-c6cccs6)s4)s3)c(O)n5CC(CCCCCCCCCC)CCCCCCCCCCCC)cc21. The molecular weight excluding hydrogens is 1630 g/mol. The summed E-state index contributed by atoms with van der Waals surface area (Å²) in [6.07, 6.45) is 71.5. The molecule has 0 fully saturated rings. The molecule has 8 nitrogen and oxygen atoms in total. The number of nitrogens with zero attached hydrogens (tertiary/aromatic N) is 3. The fourth-order valence-corrected chi connectivity index (χ4v) is 24.5. The minimum Gasteiger partial charge on any atom is -0.494 e. The summed E-state index contributed by atoms with van der Waals surface area (Å²) in [5, 5.41) is 24.6. The molecule has 0 spiro atoms. The van der Waals surface area contributed by atoms with Gasteiger partial charge in [-0.25, -0.2) is 4.99 Å². The van der Waals surface area contributed by atoms with Crippen LogP contribution in [0.2, 0.25) is 0 Å². The van der Waals surface area contributed by atoms with Crippen LogP contribution >= 0.6 is 93.7 Å². The van der Waals surface area contributed by atoms with Gasteiger partial charge in [-0.3, -0.25) is 14.4 Å². The number of nitrogens with one attached hydrogen (secondary N) is 1. The quantitative estimate of drug-likeness (QED) is 0.0132. The third-order valence-electron chi connectivity index (χ3n) is 24.5. The third kappa shape index (κ3) is 27.6. The number of thiol groups is 2. The number of carbonyl (C=O) groups excluding carboxylic acids is 3. The summed E-state index contributed by atoms with van der Waals surface area (Å²) in [6.45, 7) is 12.6. The molecule has 644 valence electrons. The van der Waals surface area contributed by atoms with Gasteiger partial charge in [-0.1, -0.05) is 320 Å². The van der Waals surface area contributed by atoms with Crippen LogP contribution in [0.25, 0.3) is 62.5 Å². The molecule has 2 N–H and O–H groups in total. The fraction of sp³-hybridized carbons (Fsp3) is 0.500. The highest BCUT2D eigenvalue weighted by Gasteiger charge is 2.35. The number of fused-ring (bicyclic) bond motifs is 3. The van der Waals surface area contributed by atoms with Gasteiger partial charge in [0.2, 0.25) is 12.3 Å². The van der Waals surface area contributed by atoms with E-state index in [4.69, 9.17) is 30.2 Å². The van der Waals surface area contributed by atoms with Crippen LogP contribution in [0.1, 0.15) is 324 Å². The van der Waals surface area contributed by atoms with E-state index in [1.54, 1.807) is 45.3 Å². The summed E-state index contributed by atoms with van der Waals surface area (Å²) < 4.78 is 2.18. The summed E-state index contributed by atoms with van der Waals surface area (Å²) in [5.74, 6) is 0.778. The van der Waals surface area contributed by atoms with Crippen molar-refractivity contribution in [2.45, 2.75) is 316 Å². The Kier molecular flexibility index (Phi) is 40.9. The molecule has 0 aliphatic carbocycles. The van der Waals surface area contributed by atoms with Crippen LogP contribution < -0.4 is 31.2 Å². The van der Waals surface area contributed by atoms with Gasteiger partial charge in [0.1, 0.15) is 0 Å². The molecule has 0 saturated heterocycles. The monoisotopic (exact) mass is 1760 g/mol. The fourth-order valence-electron chi connectivity index (χ4n) is 17.6. The molecule has 0 radical (unpaired) electrons. The van der Waals surface area contributed by atoms with E-state index in [0.717, 1.165) is 101 Å². The largest absolute Gasteiger partial charge is 0.494 e. The van der Waals surface area contributed by atoms with Crippen molar-refractivity contribution < 1.29 is 19.5 Å². The van der Waals surface area contributed by atoms with Gasteiger partial charge in [0.05, 0.1) is 33.3 Å². The highest BCUT2D eigenvalue weighted by atomic mass is 32.2. The number of benzene rings is 2. The molecule has 0 bridgehead atoms. The lowest BCUT2D eigenvalue weighted by molar-refractivity contribution is -0.113. The van der Waals surface area contributed by atoms with Crippen molar-refractivity contribution in [3.63, 3.8) is 0 Å². The zero-order valence-corrected chi connectivity index (χ0v) is 79.4. The van der Waals surface area contributed by atoms with Crippen molar-refractivity contribution in [3.05, 3.63) is 196 Å². The van der Waals surface area contributed by atoms with Crippen molar-refractivity contribution in [2.24, 2.45) is 16.8 Å². The van der Waals surface area contributed by atoms with E-state index in [1.165, 1.54) is 260 Å². The molecule has 9 heterocycles. The molecule has 3 atom stereocenters. The number of hydrogen-bond donors (Lipinski definition) is 4. The number of anilines is 2. The molecule has 3 amide bonds. The first-order valence-electron chi connectivity index (χ1n) is 46.4. The zero-order valence-electron chi connectivity index (χ0n) is 72.7. The Morgan fingerprint density at radius 2 is 1.05 bits per heavy atom. The molecule has 0 saturated carbocycles. The van der Waals surface area contributed by atoms with Crippen LogP contribution in [0.3, 0.4) is 0 Å². The van der Waals surface area contributed by atoms with Crippen LogP contribution in [0.5, 0.6) is 5.88 Å². The second-order valence-corrected chi connectivity index (χ2v) is 41.1. The lowest BCUT2D eigenvalue weighted by Crippen LogP contribution is -2.34. The van der Waals surface area contributed by atoms with E-state index in [2.05, 4.69) is 138 Å². The third-order valence-corrected chi connectivity index (χ3v) is 32.6. The summed E-state index contributed by atoms with van der Waals surface area (Å²) in [5.41, 5.74) is 5.35. The second kappa shape index (κ2) is 51.9. The van der Waals surface area contributed by atoms with E-state index < -0.39 is 0 Å². The normalized spacial score (nSPS) is 15.3. The van der Waals surface area contributed by atoms with Crippen LogP contribution in [0.15, 0.2) is 165 Å². The minimum atomic E-state index is -0.302. The molecule has 120 heavy (non-hydrogen) atoms. The smallest absolute Gasteiger partial charge is 0.279 e. The Balaban J connectivity index is 0.823. The number of carbonyl (C=O) groups is 3. The number of thioether (sulfide) groups is 1. The lowest BCUT2D eigenvalue weighted by atomic mass is 9.93. The maximum Gasteiger partial charge on any atom is 0.279 e. The predicted octanol–water partition coefficient (Wildman–Crippen LogP) is 30.8. The van der Waals surface area contributed by atoms with Crippen molar-refractivity contribution in [1.29, 1.82) is 0 Å². The molecular formula is C104H136N4O4S8. The average molecular weight is 1760 g/mol. The Morgan fingerprint density at radius 1 is 0.550 bits per heavy atom. The Hall–Kier alpha value is -6.21. The molecule has 11 rings (SSSR count). The maximum absolute atomic E-state index is 15.6. The number of aromatic hydroxyl groups is 1. The van der Waals surface area contributed by atoms with E-state index >= 15 is 4.79 Å². The number of thiophene rings is 5. The number of amides is 3. The molecule has 6 aromatic heterocycles. The number of unbranched alkanes of at least 4 members (excludes halogenated alkanes) is 32. The van der Waals surface area contributed by atoms with Gasteiger partial charge in [0.25, 0.3) is 11.8 Å². The molecule has 2 aromatic carbocycles. The highest BCUT2D eigenvalue weighted by molar-refractivity contribution is 8.09. The first kappa shape index (κ1) is 94.5. The van der Waals surface area contributed by atoms with E-state index in [-0.39, 0.29) is 17.7 Å². The lowest BCUT2D eigenvalue weighted by Gasteiger charge is -2.26. The first-order valence-corrected chi connectivity index (χ1v) is 52.4. The van der Waals surface area contributed by atoms with Gasteiger partial charge in [-0.05, 0) is 152 Å². The van der Waals surface area contributed by atoms with E-state index in [9.17, 15) is 14.7 Å². The van der Waals surface area contributed by atoms with Crippen molar-refractivity contribution in [2.75, 3.05) is 16.8 Å². The van der Waals surface area contributed by atoms with Crippen LogP contribution in [0, 0.1) is 11.8 Å². The Bertz CT molecular complexity index is 4990. The summed E-state index contributed by atoms with van der Waals surface area (Å²) in [4.78, 5) is 61.2. The number of aromatic nitrogens is 1. The van der Waals surface area contributed by atoms with Crippen molar-refractivity contribution in [3.8, 4) is 35.8 Å². The zero-order chi connectivity index (χ0) is 84.1. The molecule has 16 heteroatoms. The van der Waals surface area contributed by atoms with Crippen LogP contribution in [-0.2, 0) is 20.9 Å². The maximum atomic E-state index is 15.6. The summed E-state index contributed by atoms with van der Waals surface area (Å²) in [6, 6.07) is 30.2. The molecule has 3 aliphatic heterocycles. The van der Waals surface area contributed by atoms with Gasteiger partial charge in [-0.2, -0.15) is 0 Å². The van der Waals surface area contributed by atoms with Gasteiger partial charge >= 0.3 is 0 Å². The number of rotatable bonds is 59. The summed E-state index contributed by atoms with van der Waals surface area (Å²) in [7, 11) is 0. The van der Waals surface area contributed by atoms with Gasteiger partial charge in [0, 0.05) is 98.8 Å². The van der Waals surface area contributed by atoms with Crippen molar-refractivity contribution in [1.82, 2.24) is 4.57 Å².